The third-order valence-electron chi connectivity index (χ3n) is 1.58. The molecular weight excluding hydrogens is 156 g/mol. The first-order valence-electron chi connectivity index (χ1n) is 3.74. The van der Waals surface area contributed by atoms with Crippen LogP contribution in [0.1, 0.15) is 0 Å². The van der Waals surface area contributed by atoms with Crippen LogP contribution in [0, 0.1) is 0 Å². The van der Waals surface area contributed by atoms with Crippen molar-refractivity contribution in [1.29, 1.82) is 0 Å². The molecule has 0 amide bonds. The molecule has 0 saturated carbocycles. The molecule has 2 rings (SSSR count). The van der Waals surface area contributed by atoms with E-state index in [1.165, 1.54) is 4.90 Å². The lowest BCUT2D eigenvalue weighted by Gasteiger charge is -1.96. The largest absolute Gasteiger partial charge is 0.372 e. The van der Waals surface area contributed by atoms with E-state index >= 15 is 0 Å². The zero-order valence-corrected chi connectivity index (χ0v) is 7.01. The van der Waals surface area contributed by atoms with Gasteiger partial charge in [0.15, 0.2) is 0 Å². The van der Waals surface area contributed by atoms with Gasteiger partial charge in [-0.15, -0.1) is 11.8 Å². The van der Waals surface area contributed by atoms with Gasteiger partial charge in [-0.1, -0.05) is 18.2 Å². The van der Waals surface area contributed by atoms with Crippen LogP contribution in [-0.2, 0) is 4.74 Å². The first-order valence-corrected chi connectivity index (χ1v) is 4.73. The average molecular weight is 166 g/mol. The lowest BCUT2D eigenvalue weighted by atomic mass is 10.4. The molecule has 58 valence electrons. The van der Waals surface area contributed by atoms with Gasteiger partial charge in [0.05, 0.1) is 12.7 Å². The van der Waals surface area contributed by atoms with Gasteiger partial charge in [0, 0.05) is 10.6 Å². The topological polar surface area (TPSA) is 12.5 Å². The summed E-state index contributed by atoms with van der Waals surface area (Å²) in [5.74, 6) is 1.10. The lowest BCUT2D eigenvalue weighted by Crippen LogP contribution is -1.87. The van der Waals surface area contributed by atoms with Crippen molar-refractivity contribution in [2.45, 2.75) is 11.0 Å². The third kappa shape index (κ3) is 2.24. The fourth-order valence-corrected chi connectivity index (χ4v) is 1.79. The van der Waals surface area contributed by atoms with E-state index in [4.69, 9.17) is 4.74 Å². The normalized spacial score (nSPS) is 21.6. The minimum absolute atomic E-state index is 0.528. The molecule has 0 aromatic heterocycles. The molecule has 0 bridgehead atoms. The van der Waals surface area contributed by atoms with Crippen molar-refractivity contribution in [3.05, 3.63) is 30.3 Å². The average Bonchev–Trinajstić information content (AvgIpc) is 2.86. The van der Waals surface area contributed by atoms with Gasteiger partial charge in [-0.25, -0.2) is 0 Å². The van der Waals surface area contributed by atoms with Crippen LogP contribution in [0.3, 0.4) is 0 Å². The third-order valence-corrected chi connectivity index (χ3v) is 2.73. The molecule has 0 aliphatic carbocycles. The van der Waals surface area contributed by atoms with E-state index in [2.05, 4.69) is 24.3 Å². The molecule has 0 spiro atoms. The smallest absolute Gasteiger partial charge is 0.0903 e. The van der Waals surface area contributed by atoms with E-state index in [1.54, 1.807) is 0 Å². The van der Waals surface area contributed by atoms with Crippen LogP contribution in [0.5, 0.6) is 0 Å². The van der Waals surface area contributed by atoms with E-state index in [9.17, 15) is 0 Å². The molecule has 1 aromatic rings. The summed E-state index contributed by atoms with van der Waals surface area (Å²) in [5, 5.41) is 0. The number of epoxide rings is 1. The Morgan fingerprint density at radius 2 is 2.09 bits per heavy atom. The predicted octanol–water partition coefficient (Wildman–Crippen LogP) is 2.18. The van der Waals surface area contributed by atoms with Gasteiger partial charge >= 0.3 is 0 Å². The molecule has 1 aliphatic heterocycles. The summed E-state index contributed by atoms with van der Waals surface area (Å²) in [6, 6.07) is 10.4. The number of hydrogen-bond donors (Lipinski definition) is 0. The van der Waals surface area contributed by atoms with Crippen molar-refractivity contribution in [2.75, 3.05) is 12.4 Å². The van der Waals surface area contributed by atoms with Crippen LogP contribution >= 0.6 is 11.8 Å². The fraction of sp³-hybridized carbons (Fsp3) is 0.333. The van der Waals surface area contributed by atoms with E-state index < -0.39 is 0 Å². The predicted molar refractivity (Wildman–Crippen MR) is 46.9 cm³/mol. The first-order chi connectivity index (χ1) is 5.45. The van der Waals surface area contributed by atoms with E-state index in [-0.39, 0.29) is 0 Å². The van der Waals surface area contributed by atoms with Crippen LogP contribution in [-0.4, -0.2) is 18.5 Å². The molecule has 1 atom stereocenters. The Morgan fingerprint density at radius 3 is 2.73 bits per heavy atom. The maximum atomic E-state index is 5.11. The molecule has 11 heavy (non-hydrogen) atoms. The molecule has 1 aliphatic rings. The second-order valence-corrected chi connectivity index (χ2v) is 3.67. The van der Waals surface area contributed by atoms with Crippen LogP contribution in [0.4, 0.5) is 0 Å². The zero-order chi connectivity index (χ0) is 7.52. The minimum atomic E-state index is 0.528. The van der Waals surface area contributed by atoms with Crippen LogP contribution in [0.25, 0.3) is 0 Å². The van der Waals surface area contributed by atoms with Gasteiger partial charge in [0.25, 0.3) is 0 Å². The van der Waals surface area contributed by atoms with Gasteiger partial charge in [-0.05, 0) is 12.1 Å². The monoisotopic (exact) mass is 166 g/mol. The van der Waals surface area contributed by atoms with Crippen molar-refractivity contribution >= 4 is 11.8 Å². The number of thioether (sulfide) groups is 1. The summed E-state index contributed by atoms with van der Waals surface area (Å²) >= 11 is 1.87. The molecule has 1 aromatic carbocycles. The summed E-state index contributed by atoms with van der Waals surface area (Å²) in [7, 11) is 0. The Morgan fingerprint density at radius 1 is 1.36 bits per heavy atom. The maximum Gasteiger partial charge on any atom is 0.0903 e. The number of hydrogen-bond acceptors (Lipinski definition) is 2. The molecule has 1 fully saturated rings. The van der Waals surface area contributed by atoms with Crippen LogP contribution in [0.2, 0.25) is 0 Å². The Bertz CT molecular complexity index is 218. The Kier molecular flexibility index (Phi) is 2.15. The van der Waals surface area contributed by atoms with E-state index in [0.717, 1.165) is 12.4 Å². The summed E-state index contributed by atoms with van der Waals surface area (Å²) in [6.45, 7) is 0.958. The van der Waals surface area contributed by atoms with Gasteiger partial charge in [0.1, 0.15) is 0 Å². The minimum Gasteiger partial charge on any atom is -0.372 e. The van der Waals surface area contributed by atoms with Gasteiger partial charge in [-0.3, -0.25) is 0 Å². The van der Waals surface area contributed by atoms with Crippen LogP contribution < -0.4 is 0 Å². The number of benzene rings is 1. The van der Waals surface area contributed by atoms with Crippen LogP contribution in [0.15, 0.2) is 35.2 Å². The van der Waals surface area contributed by atoms with Crippen molar-refractivity contribution < 1.29 is 4.74 Å². The summed E-state index contributed by atoms with van der Waals surface area (Å²) in [5.41, 5.74) is 0. The summed E-state index contributed by atoms with van der Waals surface area (Å²) < 4.78 is 5.11. The fourth-order valence-electron chi connectivity index (χ4n) is 0.870. The second kappa shape index (κ2) is 3.28. The SMILES string of the molecule is c1ccc(SC[C@@H]2CO2)cc1. The summed E-state index contributed by atoms with van der Waals surface area (Å²) in [4.78, 5) is 1.34. The highest BCUT2D eigenvalue weighted by molar-refractivity contribution is 7.99. The van der Waals surface area contributed by atoms with Crippen molar-refractivity contribution in [3.8, 4) is 0 Å². The molecule has 0 N–H and O–H groups in total. The highest BCUT2D eigenvalue weighted by Gasteiger charge is 2.21. The van der Waals surface area contributed by atoms with E-state index in [0.29, 0.717) is 6.10 Å². The Balaban J connectivity index is 1.85. The molecule has 1 nitrogen and oxygen atoms in total. The van der Waals surface area contributed by atoms with Gasteiger partial charge in [0.2, 0.25) is 0 Å². The highest BCUT2D eigenvalue weighted by atomic mass is 32.2. The highest BCUT2D eigenvalue weighted by Crippen LogP contribution is 2.23. The number of rotatable bonds is 3. The van der Waals surface area contributed by atoms with Crippen molar-refractivity contribution in [1.82, 2.24) is 0 Å². The van der Waals surface area contributed by atoms with Gasteiger partial charge < -0.3 is 4.74 Å². The van der Waals surface area contributed by atoms with Gasteiger partial charge in [-0.2, -0.15) is 0 Å². The molecule has 1 heterocycles. The van der Waals surface area contributed by atoms with Crippen molar-refractivity contribution in [2.24, 2.45) is 0 Å². The quantitative estimate of drug-likeness (QED) is 0.504. The standard InChI is InChI=1S/C9H10OS/c1-2-4-9(5-3-1)11-7-8-6-10-8/h1-5,8H,6-7H2/t8-/m0/s1. The lowest BCUT2D eigenvalue weighted by molar-refractivity contribution is 0.426. The maximum absolute atomic E-state index is 5.11. The Hall–Kier alpha value is -0.470. The molecule has 2 heteroatoms. The van der Waals surface area contributed by atoms with Crippen molar-refractivity contribution in [3.63, 3.8) is 0 Å². The zero-order valence-electron chi connectivity index (χ0n) is 6.19. The first kappa shape index (κ1) is 7.19. The molecule has 0 unspecified atom stereocenters. The second-order valence-electron chi connectivity index (χ2n) is 2.58. The Labute approximate surface area is 70.8 Å². The molecular formula is C9H10OS. The number of ether oxygens (including phenoxy) is 1. The molecule has 0 radical (unpaired) electrons. The summed E-state index contributed by atoms with van der Waals surface area (Å²) in [6.07, 6.45) is 0.528. The van der Waals surface area contributed by atoms with E-state index in [1.807, 2.05) is 17.8 Å². The molecule has 1 saturated heterocycles.